The zero-order valence-electron chi connectivity index (χ0n) is 10.7. The molecule has 0 saturated heterocycles. The molecule has 5 heteroatoms. The average molecular weight is 391 g/mol. The summed E-state index contributed by atoms with van der Waals surface area (Å²) in [5.74, 6) is 0. The molecule has 0 saturated carbocycles. The first-order valence-corrected chi connectivity index (χ1v) is 7.11. The monoisotopic (exact) mass is 391 g/mol. The van der Waals surface area contributed by atoms with Crippen LogP contribution in [0.4, 0.5) is 13.2 Å². The van der Waals surface area contributed by atoms with Gasteiger partial charge in [0.1, 0.15) is 0 Å². The van der Waals surface area contributed by atoms with Crippen molar-refractivity contribution in [1.29, 1.82) is 0 Å². The van der Waals surface area contributed by atoms with E-state index in [-0.39, 0.29) is 5.56 Å². The van der Waals surface area contributed by atoms with Crippen molar-refractivity contribution < 1.29 is 13.2 Å². The minimum absolute atomic E-state index is 0.242. The highest BCUT2D eigenvalue weighted by Gasteiger charge is 2.35. The second kappa shape index (κ2) is 6.13. The van der Waals surface area contributed by atoms with E-state index in [1.54, 1.807) is 13.1 Å². The Morgan fingerprint density at radius 1 is 0.950 bits per heavy atom. The Morgan fingerprint density at radius 2 is 1.50 bits per heavy atom. The molecule has 2 aromatic carbocycles. The van der Waals surface area contributed by atoms with Gasteiger partial charge in [-0.1, -0.05) is 36.4 Å². The summed E-state index contributed by atoms with van der Waals surface area (Å²) in [5, 5.41) is 2.98. The fourth-order valence-corrected chi connectivity index (χ4v) is 2.89. The van der Waals surface area contributed by atoms with E-state index in [2.05, 4.69) is 27.9 Å². The van der Waals surface area contributed by atoms with Crippen LogP contribution in [-0.4, -0.2) is 7.05 Å². The first-order valence-electron chi connectivity index (χ1n) is 6.03. The molecule has 2 aromatic rings. The third kappa shape index (κ3) is 3.15. The van der Waals surface area contributed by atoms with Gasteiger partial charge in [-0.25, -0.2) is 0 Å². The molecule has 0 radical (unpaired) electrons. The smallest absolute Gasteiger partial charge is 0.309 e. The molecule has 0 bridgehead atoms. The molecule has 0 heterocycles. The Hall–Kier alpha value is -1.08. The first-order chi connectivity index (χ1) is 9.45. The zero-order chi connectivity index (χ0) is 14.8. The van der Waals surface area contributed by atoms with Crippen molar-refractivity contribution in [2.24, 2.45) is 0 Å². The quantitative estimate of drug-likeness (QED) is 0.754. The number of alkyl halides is 3. The molecule has 1 N–H and O–H groups in total. The van der Waals surface area contributed by atoms with Crippen LogP contribution in [0.3, 0.4) is 0 Å². The summed E-state index contributed by atoms with van der Waals surface area (Å²) >= 11 is 2.14. The largest absolute Gasteiger partial charge is 0.416 e. The lowest BCUT2D eigenvalue weighted by molar-refractivity contribution is -0.138. The first kappa shape index (κ1) is 15.3. The second-order valence-electron chi connectivity index (χ2n) is 4.33. The molecule has 0 aliphatic heterocycles. The van der Waals surface area contributed by atoms with Gasteiger partial charge < -0.3 is 5.32 Å². The maximum absolute atomic E-state index is 13.1. The summed E-state index contributed by atoms with van der Waals surface area (Å²) < 4.78 is 40.3. The Bertz CT molecular complexity index is 596. The van der Waals surface area contributed by atoms with Crippen LogP contribution in [0.1, 0.15) is 22.7 Å². The normalized spacial score (nSPS) is 13.2. The minimum Gasteiger partial charge on any atom is -0.309 e. The number of rotatable bonds is 3. The van der Waals surface area contributed by atoms with Gasteiger partial charge in [-0.05, 0) is 52.9 Å². The number of hydrogen-bond acceptors (Lipinski definition) is 1. The predicted molar refractivity (Wildman–Crippen MR) is 81.5 cm³/mol. The Labute approximate surface area is 129 Å². The summed E-state index contributed by atoms with van der Waals surface area (Å²) in [4.78, 5) is 0. The Kier molecular flexibility index (Phi) is 4.70. The highest BCUT2D eigenvalue weighted by Crippen LogP contribution is 2.37. The molecular weight excluding hydrogens is 378 g/mol. The van der Waals surface area contributed by atoms with Crippen molar-refractivity contribution in [1.82, 2.24) is 5.32 Å². The molecular formula is C15H13F3IN. The standard InChI is InChI=1S/C15H13F3IN/c1-20-14(11-7-3-5-9-13(11)19)10-6-2-4-8-12(10)15(16,17)18/h2-9,14,20H,1H3. The average Bonchev–Trinajstić information content (AvgIpc) is 2.41. The van der Waals surface area contributed by atoms with Gasteiger partial charge >= 0.3 is 6.18 Å². The fourth-order valence-electron chi connectivity index (χ4n) is 2.19. The molecule has 20 heavy (non-hydrogen) atoms. The van der Waals surface area contributed by atoms with Gasteiger partial charge in [0.15, 0.2) is 0 Å². The van der Waals surface area contributed by atoms with Crippen LogP contribution >= 0.6 is 22.6 Å². The van der Waals surface area contributed by atoms with E-state index in [0.717, 1.165) is 15.2 Å². The van der Waals surface area contributed by atoms with Crippen LogP contribution in [0, 0.1) is 3.57 Å². The van der Waals surface area contributed by atoms with E-state index in [1.165, 1.54) is 12.1 Å². The van der Waals surface area contributed by atoms with Crippen LogP contribution in [0.25, 0.3) is 0 Å². The summed E-state index contributed by atoms with van der Waals surface area (Å²) in [5.41, 5.74) is 0.484. The predicted octanol–water partition coefficient (Wildman–Crippen LogP) is 4.62. The number of nitrogens with one attached hydrogen (secondary N) is 1. The maximum Gasteiger partial charge on any atom is 0.416 e. The van der Waals surface area contributed by atoms with Gasteiger partial charge in [0.05, 0.1) is 11.6 Å². The summed E-state index contributed by atoms with van der Waals surface area (Å²) in [6.07, 6.45) is -4.36. The Morgan fingerprint density at radius 3 is 2.05 bits per heavy atom. The van der Waals surface area contributed by atoms with Gasteiger partial charge in [-0.15, -0.1) is 0 Å². The van der Waals surface area contributed by atoms with Gasteiger partial charge in [-0.2, -0.15) is 13.2 Å². The van der Waals surface area contributed by atoms with Gasteiger partial charge in [0, 0.05) is 3.57 Å². The zero-order valence-corrected chi connectivity index (χ0v) is 12.9. The van der Waals surface area contributed by atoms with Crippen LogP contribution in [0.5, 0.6) is 0 Å². The number of hydrogen-bond donors (Lipinski definition) is 1. The summed E-state index contributed by atoms with van der Waals surface area (Å²) in [6, 6.07) is 12.6. The topological polar surface area (TPSA) is 12.0 Å². The minimum atomic E-state index is -4.36. The lowest BCUT2D eigenvalue weighted by atomic mass is 9.94. The molecule has 1 unspecified atom stereocenters. The van der Waals surface area contributed by atoms with E-state index in [4.69, 9.17) is 0 Å². The summed E-state index contributed by atoms with van der Waals surface area (Å²) in [7, 11) is 1.67. The van der Waals surface area contributed by atoms with Crippen LogP contribution < -0.4 is 5.32 Å². The van der Waals surface area contributed by atoms with E-state index in [0.29, 0.717) is 0 Å². The number of halogens is 4. The lowest BCUT2D eigenvalue weighted by Crippen LogP contribution is -2.22. The highest BCUT2D eigenvalue weighted by molar-refractivity contribution is 14.1. The molecule has 0 aliphatic carbocycles. The number of benzene rings is 2. The van der Waals surface area contributed by atoms with E-state index in [9.17, 15) is 13.2 Å². The molecule has 0 fully saturated rings. The Balaban J connectivity index is 2.57. The second-order valence-corrected chi connectivity index (χ2v) is 5.49. The van der Waals surface area contributed by atoms with Gasteiger partial charge in [-0.3, -0.25) is 0 Å². The maximum atomic E-state index is 13.1. The SMILES string of the molecule is CNC(c1ccccc1I)c1ccccc1C(F)(F)F. The third-order valence-electron chi connectivity index (χ3n) is 3.08. The van der Waals surface area contributed by atoms with Gasteiger partial charge in [0.2, 0.25) is 0 Å². The van der Waals surface area contributed by atoms with Gasteiger partial charge in [0.25, 0.3) is 0 Å². The fraction of sp³-hybridized carbons (Fsp3) is 0.200. The molecule has 2 rings (SSSR count). The van der Waals surface area contributed by atoms with Crippen molar-refractivity contribution in [3.8, 4) is 0 Å². The van der Waals surface area contributed by atoms with Crippen molar-refractivity contribution in [2.75, 3.05) is 7.05 Å². The van der Waals surface area contributed by atoms with Crippen molar-refractivity contribution in [3.63, 3.8) is 0 Å². The molecule has 0 amide bonds. The van der Waals surface area contributed by atoms with Crippen LogP contribution in [0.15, 0.2) is 48.5 Å². The molecule has 1 atom stereocenters. The lowest BCUT2D eigenvalue weighted by Gasteiger charge is -2.22. The molecule has 0 spiro atoms. The molecule has 106 valence electrons. The molecule has 1 nitrogen and oxygen atoms in total. The molecule has 0 aromatic heterocycles. The van der Waals surface area contributed by atoms with Crippen molar-refractivity contribution in [3.05, 3.63) is 68.8 Å². The van der Waals surface area contributed by atoms with E-state index in [1.807, 2.05) is 24.3 Å². The van der Waals surface area contributed by atoms with Crippen molar-refractivity contribution >= 4 is 22.6 Å². The van der Waals surface area contributed by atoms with E-state index >= 15 is 0 Å². The summed E-state index contributed by atoms with van der Waals surface area (Å²) in [6.45, 7) is 0. The van der Waals surface area contributed by atoms with Crippen LogP contribution in [-0.2, 0) is 6.18 Å². The van der Waals surface area contributed by atoms with Crippen LogP contribution in [0.2, 0.25) is 0 Å². The van der Waals surface area contributed by atoms with Crippen molar-refractivity contribution in [2.45, 2.75) is 12.2 Å². The van der Waals surface area contributed by atoms with E-state index < -0.39 is 17.8 Å². The third-order valence-corrected chi connectivity index (χ3v) is 4.06. The molecule has 0 aliphatic rings. The highest BCUT2D eigenvalue weighted by atomic mass is 127.